The minimum Gasteiger partial charge on any atom is -0.493 e. The van der Waals surface area contributed by atoms with Gasteiger partial charge in [0.05, 0.1) is 29.7 Å². The van der Waals surface area contributed by atoms with Crippen molar-refractivity contribution >= 4 is 23.0 Å². The molecule has 0 heterocycles. The molecule has 2 aromatic carbocycles. The second kappa shape index (κ2) is 7.69. The van der Waals surface area contributed by atoms with Crippen molar-refractivity contribution in [2.75, 3.05) is 19.5 Å². The number of rotatable bonds is 6. The average molecular weight is 391 g/mol. The zero-order chi connectivity index (χ0) is 19.5. The molecule has 0 aliphatic heterocycles. The van der Waals surface area contributed by atoms with Crippen LogP contribution in [0.4, 0.5) is 24.5 Å². The van der Waals surface area contributed by atoms with E-state index in [2.05, 4.69) is 5.32 Å². The van der Waals surface area contributed by atoms with E-state index in [-0.39, 0.29) is 12.2 Å². The van der Waals surface area contributed by atoms with Gasteiger partial charge in [0.25, 0.3) is 5.69 Å². The van der Waals surface area contributed by atoms with Crippen LogP contribution in [0.3, 0.4) is 0 Å². The van der Waals surface area contributed by atoms with Gasteiger partial charge in [-0.05, 0) is 12.1 Å². The van der Waals surface area contributed by atoms with Gasteiger partial charge in [0.1, 0.15) is 5.69 Å². The number of alkyl halides is 3. The lowest BCUT2D eigenvalue weighted by atomic mass is 10.1. The fraction of sp³-hybridized carbons (Fsp3) is 0.250. The third kappa shape index (κ3) is 4.10. The molecule has 0 bridgehead atoms. The molecule has 0 saturated heterocycles. The van der Waals surface area contributed by atoms with Crippen LogP contribution in [0.25, 0.3) is 0 Å². The van der Waals surface area contributed by atoms with Crippen LogP contribution in [0.1, 0.15) is 11.1 Å². The van der Waals surface area contributed by atoms with Crippen LogP contribution in [-0.2, 0) is 12.7 Å². The molecule has 0 fully saturated rings. The molecule has 0 aromatic heterocycles. The van der Waals surface area contributed by atoms with Gasteiger partial charge in [-0.25, -0.2) is 0 Å². The molecule has 0 aliphatic rings. The number of nitro benzene ring substituents is 1. The molecule has 0 aliphatic carbocycles. The summed E-state index contributed by atoms with van der Waals surface area (Å²) in [6.45, 7) is 0.0446. The fourth-order valence-electron chi connectivity index (χ4n) is 2.36. The molecule has 0 spiro atoms. The Kier molecular flexibility index (Phi) is 5.81. The Labute approximate surface area is 151 Å². The number of para-hydroxylation sites is 1. The first-order valence-corrected chi connectivity index (χ1v) is 7.55. The highest BCUT2D eigenvalue weighted by molar-refractivity contribution is 6.31. The summed E-state index contributed by atoms with van der Waals surface area (Å²) < 4.78 is 49.1. The first-order valence-electron chi connectivity index (χ1n) is 7.18. The molecule has 0 amide bonds. The van der Waals surface area contributed by atoms with Gasteiger partial charge < -0.3 is 14.8 Å². The van der Waals surface area contributed by atoms with E-state index in [1.165, 1.54) is 14.2 Å². The number of halogens is 4. The summed E-state index contributed by atoms with van der Waals surface area (Å²) in [5.74, 6) is 0.856. The van der Waals surface area contributed by atoms with Crippen molar-refractivity contribution in [3.8, 4) is 11.5 Å². The Morgan fingerprint density at radius 3 is 2.46 bits per heavy atom. The highest BCUT2D eigenvalue weighted by atomic mass is 35.5. The van der Waals surface area contributed by atoms with Crippen molar-refractivity contribution in [1.82, 2.24) is 0 Å². The fourth-order valence-corrected chi connectivity index (χ4v) is 2.63. The lowest BCUT2D eigenvalue weighted by Gasteiger charge is -2.15. The van der Waals surface area contributed by atoms with Crippen molar-refractivity contribution in [1.29, 1.82) is 0 Å². The highest BCUT2D eigenvalue weighted by Crippen LogP contribution is 2.40. The van der Waals surface area contributed by atoms with E-state index in [9.17, 15) is 23.3 Å². The van der Waals surface area contributed by atoms with Crippen LogP contribution in [0.5, 0.6) is 11.5 Å². The molecule has 6 nitrogen and oxygen atoms in total. The summed E-state index contributed by atoms with van der Waals surface area (Å²) in [7, 11) is 2.88. The minimum atomic E-state index is -4.80. The van der Waals surface area contributed by atoms with Crippen molar-refractivity contribution in [3.63, 3.8) is 0 Å². The number of methoxy groups -OCH3 is 2. The molecule has 140 valence electrons. The van der Waals surface area contributed by atoms with Crippen molar-refractivity contribution < 1.29 is 27.6 Å². The summed E-state index contributed by atoms with van der Waals surface area (Å²) in [4.78, 5) is 10.3. The zero-order valence-electron chi connectivity index (χ0n) is 13.7. The van der Waals surface area contributed by atoms with Gasteiger partial charge >= 0.3 is 6.18 Å². The lowest BCUT2D eigenvalue weighted by Crippen LogP contribution is -2.09. The zero-order valence-corrected chi connectivity index (χ0v) is 14.4. The maximum Gasteiger partial charge on any atom is 0.418 e. The number of anilines is 1. The quantitative estimate of drug-likeness (QED) is 0.561. The van der Waals surface area contributed by atoms with Crippen LogP contribution >= 0.6 is 11.6 Å². The monoisotopic (exact) mass is 390 g/mol. The van der Waals surface area contributed by atoms with Gasteiger partial charge in [-0.2, -0.15) is 13.2 Å². The number of nitro groups is 1. The summed E-state index contributed by atoms with van der Waals surface area (Å²) in [6, 6.07) is 6.33. The molecular weight excluding hydrogens is 377 g/mol. The number of benzene rings is 2. The predicted octanol–water partition coefficient (Wildman–Crippen LogP) is 4.90. The van der Waals surface area contributed by atoms with Crippen LogP contribution in [0.2, 0.25) is 5.02 Å². The summed E-state index contributed by atoms with van der Waals surface area (Å²) in [5, 5.41) is 13.2. The van der Waals surface area contributed by atoms with Gasteiger partial charge in [-0.3, -0.25) is 10.1 Å². The van der Waals surface area contributed by atoms with Crippen molar-refractivity contribution in [2.24, 2.45) is 0 Å². The van der Waals surface area contributed by atoms with E-state index in [4.69, 9.17) is 21.1 Å². The molecular formula is C16H14ClF3N2O4. The Morgan fingerprint density at radius 1 is 1.23 bits per heavy atom. The molecule has 0 unspecified atom stereocenters. The standard InChI is InChI=1S/C16H14ClF3N2O4/c1-25-14-5-3-4-9(15(14)26-2)8-21-12-7-11(17)10(16(18,19)20)6-13(12)22(23)24/h3-7,21H,8H2,1-2H3. The average Bonchev–Trinajstić information content (AvgIpc) is 2.57. The molecule has 0 atom stereocenters. The van der Waals surface area contributed by atoms with Gasteiger partial charge in [-0.1, -0.05) is 23.7 Å². The second-order valence-corrected chi connectivity index (χ2v) is 5.52. The van der Waals surface area contributed by atoms with Crippen molar-refractivity contribution in [3.05, 3.63) is 56.6 Å². The number of nitrogens with zero attached hydrogens (tertiary/aromatic N) is 1. The lowest BCUT2D eigenvalue weighted by molar-refractivity contribution is -0.384. The van der Waals surface area contributed by atoms with E-state index in [1.54, 1.807) is 18.2 Å². The Balaban J connectivity index is 2.39. The van der Waals surface area contributed by atoms with E-state index < -0.39 is 27.4 Å². The van der Waals surface area contributed by atoms with E-state index in [0.717, 1.165) is 6.07 Å². The van der Waals surface area contributed by atoms with Gasteiger partial charge in [0, 0.05) is 18.2 Å². The molecule has 0 radical (unpaired) electrons. The number of nitrogens with one attached hydrogen (secondary N) is 1. The molecule has 2 rings (SSSR count). The first kappa shape index (κ1) is 19.6. The van der Waals surface area contributed by atoms with Crippen LogP contribution in [-0.4, -0.2) is 19.1 Å². The summed E-state index contributed by atoms with van der Waals surface area (Å²) >= 11 is 5.65. The minimum absolute atomic E-state index is 0.0446. The van der Waals surface area contributed by atoms with Crippen molar-refractivity contribution in [2.45, 2.75) is 12.7 Å². The van der Waals surface area contributed by atoms with Gasteiger partial charge in [-0.15, -0.1) is 0 Å². The third-order valence-corrected chi connectivity index (χ3v) is 3.85. The third-order valence-electron chi connectivity index (χ3n) is 3.54. The Bertz CT molecular complexity index is 828. The first-order chi connectivity index (χ1) is 12.2. The van der Waals surface area contributed by atoms with E-state index in [0.29, 0.717) is 23.1 Å². The Morgan fingerprint density at radius 2 is 1.92 bits per heavy atom. The predicted molar refractivity (Wildman–Crippen MR) is 90.0 cm³/mol. The van der Waals surface area contributed by atoms with Crippen LogP contribution in [0.15, 0.2) is 30.3 Å². The number of ether oxygens (including phenoxy) is 2. The topological polar surface area (TPSA) is 73.6 Å². The SMILES string of the molecule is COc1cccc(CNc2cc(Cl)c(C(F)(F)F)cc2[N+](=O)[O-])c1OC. The van der Waals surface area contributed by atoms with Crippen LogP contribution < -0.4 is 14.8 Å². The van der Waals surface area contributed by atoms with Gasteiger partial charge in [0.15, 0.2) is 11.5 Å². The summed E-state index contributed by atoms with van der Waals surface area (Å²) in [5.41, 5.74) is -1.55. The highest BCUT2D eigenvalue weighted by Gasteiger charge is 2.36. The second-order valence-electron chi connectivity index (χ2n) is 5.11. The maximum atomic E-state index is 12.9. The molecule has 2 aromatic rings. The van der Waals surface area contributed by atoms with Crippen LogP contribution in [0, 0.1) is 10.1 Å². The smallest absolute Gasteiger partial charge is 0.418 e. The van der Waals surface area contributed by atoms with E-state index in [1.807, 2.05) is 0 Å². The number of hydrogen-bond donors (Lipinski definition) is 1. The van der Waals surface area contributed by atoms with Gasteiger partial charge in [0.2, 0.25) is 0 Å². The molecule has 1 N–H and O–H groups in total. The largest absolute Gasteiger partial charge is 0.493 e. The van der Waals surface area contributed by atoms with E-state index >= 15 is 0 Å². The normalized spacial score (nSPS) is 11.2. The molecule has 0 saturated carbocycles. The molecule has 26 heavy (non-hydrogen) atoms. The maximum absolute atomic E-state index is 12.9. The molecule has 10 heteroatoms. The number of hydrogen-bond acceptors (Lipinski definition) is 5. The Hall–Kier alpha value is -2.68. The summed E-state index contributed by atoms with van der Waals surface area (Å²) in [6.07, 6.45) is -4.80.